The predicted octanol–water partition coefficient (Wildman–Crippen LogP) is 4.92. The lowest BCUT2D eigenvalue weighted by Crippen LogP contribution is -2.50. The molecule has 0 aliphatic heterocycles. The van der Waals surface area contributed by atoms with Gasteiger partial charge in [-0.25, -0.2) is 0 Å². The minimum absolute atomic E-state index is 0.164. The zero-order valence-electron chi connectivity index (χ0n) is 19.2. The van der Waals surface area contributed by atoms with Crippen molar-refractivity contribution >= 4 is 11.9 Å². The van der Waals surface area contributed by atoms with Crippen LogP contribution < -0.4 is 0 Å². The fourth-order valence-corrected chi connectivity index (χ4v) is 7.61. The Morgan fingerprint density at radius 3 is 2.57 bits per heavy atom. The molecule has 6 atom stereocenters. The number of fused-ring (bicyclic) bond motifs is 5. The maximum atomic E-state index is 13.6. The Morgan fingerprint density at radius 2 is 1.87 bits per heavy atom. The van der Waals surface area contributed by atoms with E-state index in [1.165, 1.54) is 5.57 Å². The summed E-state index contributed by atoms with van der Waals surface area (Å²) in [6, 6.07) is 0. The van der Waals surface area contributed by atoms with E-state index in [0.29, 0.717) is 23.5 Å². The van der Waals surface area contributed by atoms with Gasteiger partial charge in [-0.1, -0.05) is 25.5 Å². The average molecular weight is 409 g/mol. The number of carbonyl (C=O) groups excluding carboxylic acids is 1. The van der Waals surface area contributed by atoms with Crippen molar-refractivity contribution in [2.24, 2.45) is 35.6 Å². The fraction of sp³-hybridized carbons (Fsp3) is 0.692. The van der Waals surface area contributed by atoms with Gasteiger partial charge in [-0.15, -0.1) is 0 Å². The molecule has 162 valence electrons. The van der Waals surface area contributed by atoms with Crippen molar-refractivity contribution in [3.8, 4) is 0 Å². The minimum Gasteiger partial charge on any atom is -0.393 e. The van der Waals surface area contributed by atoms with Gasteiger partial charge in [0.15, 0.2) is 5.78 Å². The summed E-state index contributed by atoms with van der Waals surface area (Å²) >= 11 is 0. The van der Waals surface area contributed by atoms with E-state index in [0.717, 1.165) is 67.5 Å². The second kappa shape index (κ2) is 6.66. The van der Waals surface area contributed by atoms with Gasteiger partial charge >= 0.3 is 0 Å². The number of aliphatic hydroxyl groups excluding tert-OH is 1. The molecule has 0 unspecified atom stereocenters. The first-order chi connectivity index (χ1) is 14.1. The Balaban J connectivity index is 1.50. The van der Waals surface area contributed by atoms with Gasteiger partial charge in [0.2, 0.25) is 0 Å². The van der Waals surface area contributed by atoms with E-state index in [2.05, 4.69) is 38.0 Å². The number of carbonyl (C=O) groups is 1. The fourth-order valence-electron chi connectivity index (χ4n) is 7.61. The van der Waals surface area contributed by atoms with Crippen LogP contribution in [0.1, 0.15) is 75.7 Å². The van der Waals surface area contributed by atoms with Gasteiger partial charge in [-0.05, 0) is 93.6 Å². The number of allylic oxidation sites excluding steroid dienone is 2. The molecule has 0 saturated heterocycles. The number of nitrogens with zero attached hydrogens (tertiary/aromatic N) is 2. The molecule has 0 radical (unpaired) electrons. The molecule has 0 amide bonds. The molecule has 0 bridgehead atoms. The van der Waals surface area contributed by atoms with E-state index >= 15 is 0 Å². The van der Waals surface area contributed by atoms with Crippen LogP contribution in [0.3, 0.4) is 0 Å². The number of hydrogen-bond donors (Lipinski definition) is 1. The molecule has 1 aromatic rings. The molecule has 1 N–H and O–H groups in total. The van der Waals surface area contributed by atoms with Gasteiger partial charge in [0, 0.05) is 23.7 Å². The van der Waals surface area contributed by atoms with Crippen molar-refractivity contribution in [1.82, 2.24) is 9.78 Å². The third-order valence-electron chi connectivity index (χ3n) is 9.60. The topological polar surface area (TPSA) is 55.1 Å². The Labute approximate surface area is 180 Å². The summed E-state index contributed by atoms with van der Waals surface area (Å²) in [5.74, 6) is 2.05. The van der Waals surface area contributed by atoms with Crippen LogP contribution in [0.4, 0.5) is 0 Å². The smallest absolute Gasteiger partial charge is 0.165 e. The number of aromatic nitrogens is 2. The average Bonchev–Trinajstić information content (AvgIpc) is 3.10. The Kier molecular flexibility index (Phi) is 4.49. The first-order valence-electron chi connectivity index (χ1n) is 11.8. The number of ketones is 1. The van der Waals surface area contributed by atoms with Gasteiger partial charge in [0.05, 0.1) is 11.8 Å². The molecule has 4 aliphatic carbocycles. The van der Waals surface area contributed by atoms with Gasteiger partial charge in [0.25, 0.3) is 0 Å². The maximum Gasteiger partial charge on any atom is 0.165 e. The van der Waals surface area contributed by atoms with Crippen LogP contribution in [0, 0.1) is 42.4 Å². The van der Waals surface area contributed by atoms with Crippen molar-refractivity contribution in [2.45, 2.75) is 78.7 Å². The van der Waals surface area contributed by atoms with Crippen LogP contribution in [-0.2, 0) is 11.8 Å². The Bertz CT molecular complexity index is 970. The highest BCUT2D eigenvalue weighted by molar-refractivity contribution is 6.06. The van der Waals surface area contributed by atoms with Crippen LogP contribution in [-0.4, -0.2) is 26.8 Å². The highest BCUT2D eigenvalue weighted by atomic mass is 16.3. The summed E-state index contributed by atoms with van der Waals surface area (Å²) in [6.07, 6.45) is 11.4. The second-order valence-electron chi connectivity index (χ2n) is 11.0. The molecule has 3 saturated carbocycles. The SMILES string of the molecule is Cc1nn(C)c(C)c1/C=C1\C[C@@H]2[C@H]3CC=C4C[C@@H](O)CC[C@]4(C)[C@@H]3CC[C@@]2(C)C1=O. The summed E-state index contributed by atoms with van der Waals surface area (Å²) in [5, 5.41) is 14.8. The van der Waals surface area contributed by atoms with Crippen LogP contribution in [0.25, 0.3) is 6.08 Å². The van der Waals surface area contributed by atoms with E-state index in [9.17, 15) is 9.90 Å². The molecule has 0 spiro atoms. The molecular weight excluding hydrogens is 372 g/mol. The number of aryl methyl sites for hydroxylation is 2. The summed E-state index contributed by atoms with van der Waals surface area (Å²) in [5.41, 5.74) is 5.77. The molecule has 5 rings (SSSR count). The molecule has 1 aromatic heterocycles. The zero-order chi connectivity index (χ0) is 21.4. The lowest BCUT2D eigenvalue weighted by molar-refractivity contribution is -0.130. The number of aliphatic hydroxyl groups is 1. The summed E-state index contributed by atoms with van der Waals surface area (Å²) < 4.78 is 1.91. The highest BCUT2D eigenvalue weighted by Crippen LogP contribution is 2.64. The summed E-state index contributed by atoms with van der Waals surface area (Å²) in [4.78, 5) is 13.6. The summed E-state index contributed by atoms with van der Waals surface area (Å²) in [6.45, 7) is 8.81. The molecule has 4 heteroatoms. The van der Waals surface area contributed by atoms with E-state index in [1.54, 1.807) is 0 Å². The Morgan fingerprint density at radius 1 is 1.13 bits per heavy atom. The monoisotopic (exact) mass is 408 g/mol. The van der Waals surface area contributed by atoms with Crippen LogP contribution in [0.5, 0.6) is 0 Å². The Hall–Kier alpha value is -1.68. The van der Waals surface area contributed by atoms with Crippen LogP contribution >= 0.6 is 0 Å². The number of rotatable bonds is 1. The third-order valence-corrected chi connectivity index (χ3v) is 9.60. The molecular formula is C26H36N2O2. The lowest BCUT2D eigenvalue weighted by atomic mass is 9.48. The molecule has 4 nitrogen and oxygen atoms in total. The number of Topliss-reactive ketones (excluding diaryl/α,β-unsaturated/α-hetero) is 1. The number of hydrogen-bond acceptors (Lipinski definition) is 3. The van der Waals surface area contributed by atoms with E-state index in [-0.39, 0.29) is 16.9 Å². The summed E-state index contributed by atoms with van der Waals surface area (Å²) in [7, 11) is 1.97. The van der Waals surface area contributed by atoms with Crippen molar-refractivity contribution in [1.29, 1.82) is 0 Å². The standard InChI is InChI=1S/C26H36N2O2/c1-15-21(16(2)28(5)27-15)12-17-13-23-20-7-6-18-14-19(29)8-10-25(18,3)22(20)9-11-26(23,4)24(17)30/h6,12,19-20,22-23,29H,7-11,13-14H2,1-5H3/b17-12+/t19-,20-,22+,23+,25-,26+/m0/s1. The zero-order valence-corrected chi connectivity index (χ0v) is 19.2. The van der Waals surface area contributed by atoms with Crippen molar-refractivity contribution < 1.29 is 9.90 Å². The first-order valence-corrected chi connectivity index (χ1v) is 11.8. The van der Waals surface area contributed by atoms with Crippen molar-refractivity contribution in [2.75, 3.05) is 0 Å². The molecule has 3 fully saturated rings. The quantitative estimate of drug-likeness (QED) is 0.530. The maximum absolute atomic E-state index is 13.6. The van der Waals surface area contributed by atoms with Gasteiger partial charge in [-0.3, -0.25) is 9.48 Å². The van der Waals surface area contributed by atoms with Gasteiger partial charge in [-0.2, -0.15) is 5.10 Å². The predicted molar refractivity (Wildman–Crippen MR) is 119 cm³/mol. The first kappa shape index (κ1) is 20.2. The van der Waals surface area contributed by atoms with Crippen LogP contribution in [0.2, 0.25) is 0 Å². The van der Waals surface area contributed by atoms with Crippen molar-refractivity contribution in [3.05, 3.63) is 34.2 Å². The second-order valence-corrected chi connectivity index (χ2v) is 11.0. The van der Waals surface area contributed by atoms with Gasteiger partial charge < -0.3 is 5.11 Å². The molecule has 0 aromatic carbocycles. The molecule has 1 heterocycles. The van der Waals surface area contributed by atoms with E-state index in [4.69, 9.17) is 0 Å². The van der Waals surface area contributed by atoms with E-state index in [1.807, 2.05) is 18.7 Å². The largest absolute Gasteiger partial charge is 0.393 e. The van der Waals surface area contributed by atoms with Gasteiger partial charge in [0.1, 0.15) is 0 Å². The van der Waals surface area contributed by atoms with E-state index < -0.39 is 0 Å². The minimum atomic E-state index is -0.215. The van der Waals surface area contributed by atoms with Crippen molar-refractivity contribution in [3.63, 3.8) is 0 Å². The normalized spacial score (nSPS) is 42.0. The van der Waals surface area contributed by atoms with Crippen LogP contribution in [0.15, 0.2) is 17.2 Å². The third kappa shape index (κ3) is 2.68. The molecule has 30 heavy (non-hydrogen) atoms. The highest BCUT2D eigenvalue weighted by Gasteiger charge is 2.59. The molecule has 4 aliphatic rings. The lowest BCUT2D eigenvalue weighted by Gasteiger charge is -2.56.